The lowest BCUT2D eigenvalue weighted by molar-refractivity contribution is -0.134. The molecular formula is C25H25ClN4O3. The van der Waals surface area contributed by atoms with Crippen molar-refractivity contribution in [2.24, 2.45) is 0 Å². The van der Waals surface area contributed by atoms with Crippen LogP contribution in [-0.2, 0) is 4.79 Å². The van der Waals surface area contributed by atoms with Crippen molar-refractivity contribution in [3.8, 4) is 0 Å². The molecule has 0 unspecified atom stereocenters. The molecule has 0 bridgehead atoms. The lowest BCUT2D eigenvalue weighted by Gasteiger charge is -2.35. The molecule has 1 aliphatic heterocycles. The number of hydrogen-bond acceptors (Lipinski definition) is 3. The summed E-state index contributed by atoms with van der Waals surface area (Å²) in [7, 11) is 0. The number of urea groups is 1. The van der Waals surface area contributed by atoms with E-state index in [9.17, 15) is 14.4 Å². The van der Waals surface area contributed by atoms with Gasteiger partial charge in [0.15, 0.2) is 0 Å². The van der Waals surface area contributed by atoms with Crippen LogP contribution >= 0.6 is 11.6 Å². The third-order valence-corrected chi connectivity index (χ3v) is 6.03. The second-order valence-corrected chi connectivity index (χ2v) is 8.39. The van der Waals surface area contributed by atoms with E-state index in [1.807, 2.05) is 36.4 Å². The first-order valence-electron chi connectivity index (χ1n) is 10.9. The van der Waals surface area contributed by atoms with Crippen LogP contribution in [0.25, 0.3) is 0 Å². The molecule has 0 aliphatic carbocycles. The van der Waals surface area contributed by atoms with E-state index in [-0.39, 0.29) is 17.5 Å². The van der Waals surface area contributed by atoms with Gasteiger partial charge in [0.2, 0.25) is 5.91 Å². The second-order valence-electron chi connectivity index (χ2n) is 7.95. The highest BCUT2D eigenvalue weighted by Gasteiger charge is 2.31. The highest BCUT2D eigenvalue weighted by atomic mass is 35.5. The van der Waals surface area contributed by atoms with Crippen molar-refractivity contribution in [3.05, 3.63) is 99.9 Å². The lowest BCUT2D eigenvalue weighted by atomic mass is 10.0. The van der Waals surface area contributed by atoms with Crippen molar-refractivity contribution in [1.29, 1.82) is 0 Å². The molecule has 3 aromatic rings. The van der Waals surface area contributed by atoms with Gasteiger partial charge in [-0.3, -0.25) is 9.59 Å². The Kier molecular flexibility index (Phi) is 7.10. The first-order chi connectivity index (χ1) is 16.0. The topological polar surface area (TPSA) is 83.4 Å². The van der Waals surface area contributed by atoms with Gasteiger partial charge < -0.3 is 20.1 Å². The normalized spacial score (nSPS) is 15.0. The summed E-state index contributed by atoms with van der Waals surface area (Å²) in [6.07, 6.45) is 3.14. The molecule has 4 rings (SSSR count). The Hall–Kier alpha value is -3.58. The largest absolute Gasteiger partial charge is 0.340 e. The molecule has 1 saturated heterocycles. The molecule has 1 atom stereocenters. The number of hydrogen-bond donors (Lipinski definition) is 2. The molecule has 8 heteroatoms. The number of aromatic nitrogens is 1. The van der Waals surface area contributed by atoms with E-state index in [0.717, 1.165) is 0 Å². The molecule has 0 spiro atoms. The van der Waals surface area contributed by atoms with E-state index in [1.165, 1.54) is 0 Å². The average Bonchev–Trinajstić information content (AvgIpc) is 2.84. The van der Waals surface area contributed by atoms with Crippen molar-refractivity contribution < 1.29 is 9.59 Å². The molecule has 1 aliphatic rings. The number of rotatable bonds is 5. The number of piperidine rings is 1. The zero-order valence-corrected chi connectivity index (χ0v) is 18.7. The Balaban J connectivity index is 1.45. The summed E-state index contributed by atoms with van der Waals surface area (Å²) in [5.74, 6) is -0.175. The molecule has 170 valence electrons. The van der Waals surface area contributed by atoms with E-state index < -0.39 is 12.1 Å². The highest BCUT2D eigenvalue weighted by Crippen LogP contribution is 2.24. The number of anilines is 1. The second kappa shape index (κ2) is 10.4. The molecule has 3 amide bonds. The minimum atomic E-state index is -0.825. The van der Waals surface area contributed by atoms with Crippen molar-refractivity contribution >= 4 is 29.2 Å². The molecule has 0 saturated carbocycles. The Labute approximate surface area is 197 Å². The summed E-state index contributed by atoms with van der Waals surface area (Å²) >= 11 is 5.90. The van der Waals surface area contributed by atoms with E-state index in [2.05, 4.69) is 10.6 Å². The first kappa shape index (κ1) is 22.6. The van der Waals surface area contributed by atoms with Crippen LogP contribution in [0, 0.1) is 0 Å². The quantitative estimate of drug-likeness (QED) is 0.592. The number of carbonyl (C=O) groups is 2. The molecule has 2 aromatic carbocycles. The molecule has 1 fully saturated rings. The molecule has 7 nitrogen and oxygen atoms in total. The summed E-state index contributed by atoms with van der Waals surface area (Å²) in [5.41, 5.74) is 1.24. The summed E-state index contributed by atoms with van der Waals surface area (Å²) in [4.78, 5) is 40.0. The van der Waals surface area contributed by atoms with Crippen LogP contribution in [0.15, 0.2) is 83.8 Å². The van der Waals surface area contributed by atoms with Gasteiger partial charge in [0.05, 0.1) is 0 Å². The first-order valence-corrected chi connectivity index (χ1v) is 11.2. The maximum absolute atomic E-state index is 13.4. The van der Waals surface area contributed by atoms with Gasteiger partial charge in [-0.05, 0) is 48.7 Å². The number of nitrogens with zero attached hydrogens (tertiary/aromatic N) is 2. The van der Waals surface area contributed by atoms with E-state index in [0.29, 0.717) is 42.2 Å². The molecular weight excluding hydrogens is 440 g/mol. The van der Waals surface area contributed by atoms with Gasteiger partial charge in [0, 0.05) is 42.1 Å². The Morgan fingerprint density at radius 3 is 2.24 bits per heavy atom. The lowest BCUT2D eigenvalue weighted by Crippen LogP contribution is -2.47. The van der Waals surface area contributed by atoms with Gasteiger partial charge in [0.25, 0.3) is 5.56 Å². The monoisotopic (exact) mass is 464 g/mol. The summed E-state index contributed by atoms with van der Waals surface area (Å²) < 4.78 is 1.73. The number of benzene rings is 2. The van der Waals surface area contributed by atoms with Gasteiger partial charge in [-0.1, -0.05) is 48.0 Å². The summed E-state index contributed by atoms with van der Waals surface area (Å²) in [5, 5.41) is 6.13. The minimum Gasteiger partial charge on any atom is -0.340 e. The predicted molar refractivity (Wildman–Crippen MR) is 128 cm³/mol. The Morgan fingerprint density at radius 1 is 0.909 bits per heavy atom. The highest BCUT2D eigenvalue weighted by molar-refractivity contribution is 6.30. The zero-order chi connectivity index (χ0) is 23.2. The predicted octanol–water partition coefficient (Wildman–Crippen LogP) is 4.23. The number of halogens is 1. The zero-order valence-electron chi connectivity index (χ0n) is 18.0. The van der Waals surface area contributed by atoms with Crippen LogP contribution in [0.1, 0.15) is 30.5 Å². The maximum atomic E-state index is 13.4. The van der Waals surface area contributed by atoms with Gasteiger partial charge >= 0.3 is 6.03 Å². The molecule has 0 radical (unpaired) electrons. The van der Waals surface area contributed by atoms with Crippen molar-refractivity contribution in [1.82, 2.24) is 14.8 Å². The third-order valence-electron chi connectivity index (χ3n) is 5.78. The van der Waals surface area contributed by atoms with Crippen molar-refractivity contribution in [3.63, 3.8) is 0 Å². The third kappa shape index (κ3) is 5.62. The maximum Gasteiger partial charge on any atom is 0.320 e. The van der Waals surface area contributed by atoms with E-state index in [4.69, 9.17) is 11.6 Å². The number of pyridine rings is 1. The molecule has 2 N–H and O–H groups in total. The minimum absolute atomic E-state index is 0.0371. The van der Waals surface area contributed by atoms with E-state index in [1.54, 1.807) is 52.1 Å². The molecule has 1 aromatic heterocycles. The van der Waals surface area contributed by atoms with Crippen LogP contribution in [0.2, 0.25) is 5.02 Å². The fourth-order valence-electron chi connectivity index (χ4n) is 4.05. The van der Waals surface area contributed by atoms with Gasteiger partial charge in [-0.2, -0.15) is 0 Å². The summed E-state index contributed by atoms with van der Waals surface area (Å²) in [6, 6.07) is 19.8. The Bertz CT molecular complexity index is 1160. The van der Waals surface area contributed by atoms with Crippen LogP contribution in [0.3, 0.4) is 0 Å². The van der Waals surface area contributed by atoms with Crippen molar-refractivity contribution in [2.75, 3.05) is 18.4 Å². The van der Waals surface area contributed by atoms with E-state index >= 15 is 0 Å². The molecule has 33 heavy (non-hydrogen) atoms. The number of nitrogens with one attached hydrogen (secondary N) is 2. The fraction of sp³-hybridized carbons (Fsp3) is 0.240. The van der Waals surface area contributed by atoms with Crippen molar-refractivity contribution in [2.45, 2.75) is 24.9 Å². The number of likely N-dealkylation sites (tertiary alicyclic amines) is 1. The standard InChI is InChI=1S/C25H25ClN4O3/c26-19-9-11-20(12-10-19)27-25(33)28-23(18-6-2-1-3-7-18)24(32)29-16-13-21(14-17-29)30-15-5-4-8-22(30)31/h1-12,15,21,23H,13-14,16-17H2,(H2,27,28,33)/t23-/m1/s1. The SMILES string of the molecule is O=C(Nc1ccc(Cl)cc1)N[C@@H](C(=O)N1CCC(n2ccccc2=O)CC1)c1ccccc1. The number of carbonyl (C=O) groups excluding carboxylic acids is 2. The van der Waals surface area contributed by atoms with Gasteiger partial charge in [0.1, 0.15) is 6.04 Å². The van der Waals surface area contributed by atoms with Crippen LogP contribution < -0.4 is 16.2 Å². The Morgan fingerprint density at radius 2 is 1.58 bits per heavy atom. The van der Waals surface area contributed by atoms with Crippen LogP contribution in [0.4, 0.5) is 10.5 Å². The number of amides is 3. The van der Waals surface area contributed by atoms with Crippen LogP contribution in [-0.4, -0.2) is 34.5 Å². The summed E-state index contributed by atoms with van der Waals surface area (Å²) in [6.45, 7) is 1.02. The smallest absolute Gasteiger partial charge is 0.320 e. The van der Waals surface area contributed by atoms with Gasteiger partial charge in [-0.25, -0.2) is 4.79 Å². The van der Waals surface area contributed by atoms with Crippen LogP contribution in [0.5, 0.6) is 0 Å². The van der Waals surface area contributed by atoms with Gasteiger partial charge in [-0.15, -0.1) is 0 Å². The molecule has 2 heterocycles. The average molecular weight is 465 g/mol. The fourth-order valence-corrected chi connectivity index (χ4v) is 4.18.